The molecule has 0 aliphatic carbocycles. The van der Waals surface area contributed by atoms with Gasteiger partial charge < -0.3 is 14.4 Å². The number of carbonyl (C=O) groups is 1. The summed E-state index contributed by atoms with van der Waals surface area (Å²) in [6.07, 6.45) is 0.660. The summed E-state index contributed by atoms with van der Waals surface area (Å²) in [5.74, 6) is 0.672. The Balaban J connectivity index is 1.69. The predicted octanol–water partition coefficient (Wildman–Crippen LogP) is 2.80. The fourth-order valence-corrected chi connectivity index (χ4v) is 2.58. The molecule has 1 heterocycles. The maximum Gasteiger partial charge on any atom is 0.264 e. The molecule has 1 aliphatic rings. The molecule has 0 N–H and O–H groups in total. The summed E-state index contributed by atoms with van der Waals surface area (Å²) in [4.78, 5) is 14.0. The zero-order valence-corrected chi connectivity index (χ0v) is 12.2. The fraction of sp³-hybridized carbons (Fsp3) is 0.235. The molecule has 2 aromatic rings. The van der Waals surface area contributed by atoms with E-state index in [-0.39, 0.29) is 18.3 Å². The van der Waals surface area contributed by atoms with E-state index in [9.17, 15) is 9.18 Å². The summed E-state index contributed by atoms with van der Waals surface area (Å²) in [6.45, 7) is 0.462. The van der Waals surface area contributed by atoms with E-state index in [0.717, 1.165) is 11.3 Å². The van der Waals surface area contributed by atoms with Gasteiger partial charge in [0.05, 0.1) is 7.11 Å². The molecule has 114 valence electrons. The van der Waals surface area contributed by atoms with Crippen molar-refractivity contribution in [2.45, 2.75) is 6.42 Å². The highest BCUT2D eigenvalue weighted by molar-refractivity contribution is 5.96. The van der Waals surface area contributed by atoms with Crippen molar-refractivity contribution in [2.75, 3.05) is 25.2 Å². The largest absolute Gasteiger partial charge is 0.493 e. The van der Waals surface area contributed by atoms with Crippen LogP contribution in [0.5, 0.6) is 11.5 Å². The first-order valence-electron chi connectivity index (χ1n) is 7.03. The van der Waals surface area contributed by atoms with Crippen LogP contribution in [-0.4, -0.2) is 26.2 Å². The van der Waals surface area contributed by atoms with Gasteiger partial charge in [0.25, 0.3) is 5.91 Å². The number of benzene rings is 2. The summed E-state index contributed by atoms with van der Waals surface area (Å²) in [5.41, 5.74) is 1.61. The molecule has 1 aliphatic heterocycles. The highest BCUT2D eigenvalue weighted by Gasteiger charge is 2.25. The first kappa shape index (κ1) is 14.4. The average molecular weight is 301 g/mol. The van der Waals surface area contributed by atoms with E-state index in [4.69, 9.17) is 9.47 Å². The Morgan fingerprint density at radius 3 is 2.77 bits per heavy atom. The standard InChI is InChI=1S/C17H16FNO3/c1-21-15-4-2-3-5-16(15)22-11-17(20)19-9-8-12-10-13(18)6-7-14(12)19/h2-7,10H,8-9,11H2,1H3. The van der Waals surface area contributed by atoms with Crippen LogP contribution >= 0.6 is 0 Å². The van der Waals surface area contributed by atoms with Gasteiger partial charge in [-0.05, 0) is 42.3 Å². The Morgan fingerprint density at radius 1 is 1.23 bits per heavy atom. The summed E-state index contributed by atoms with van der Waals surface area (Å²) >= 11 is 0. The first-order valence-corrected chi connectivity index (χ1v) is 7.03. The molecule has 0 unspecified atom stereocenters. The Morgan fingerprint density at radius 2 is 2.00 bits per heavy atom. The van der Waals surface area contributed by atoms with Crippen molar-refractivity contribution in [1.82, 2.24) is 0 Å². The zero-order chi connectivity index (χ0) is 15.5. The third kappa shape index (κ3) is 2.74. The molecule has 3 rings (SSSR count). The van der Waals surface area contributed by atoms with Crippen LogP contribution in [0.4, 0.5) is 10.1 Å². The van der Waals surface area contributed by atoms with Gasteiger partial charge in [0.1, 0.15) is 5.82 Å². The Kier molecular flexibility index (Phi) is 3.96. The molecular weight excluding hydrogens is 285 g/mol. The number of amides is 1. The molecule has 4 nitrogen and oxygen atoms in total. The van der Waals surface area contributed by atoms with E-state index in [2.05, 4.69) is 0 Å². The molecule has 22 heavy (non-hydrogen) atoms. The highest BCUT2D eigenvalue weighted by Crippen LogP contribution is 2.29. The van der Waals surface area contributed by atoms with Gasteiger partial charge in [0.2, 0.25) is 0 Å². The Bertz CT molecular complexity index is 702. The monoisotopic (exact) mass is 301 g/mol. The van der Waals surface area contributed by atoms with Crippen molar-refractivity contribution in [3.8, 4) is 11.5 Å². The number of nitrogens with zero attached hydrogens (tertiary/aromatic N) is 1. The van der Waals surface area contributed by atoms with E-state index >= 15 is 0 Å². The van der Waals surface area contributed by atoms with Crippen LogP contribution in [-0.2, 0) is 11.2 Å². The van der Waals surface area contributed by atoms with Gasteiger partial charge in [-0.2, -0.15) is 0 Å². The molecule has 0 aromatic heterocycles. The Hall–Kier alpha value is -2.56. The molecule has 1 amide bonds. The fourth-order valence-electron chi connectivity index (χ4n) is 2.58. The molecule has 2 aromatic carbocycles. The van der Waals surface area contributed by atoms with E-state index in [1.165, 1.54) is 12.1 Å². The van der Waals surface area contributed by atoms with Crippen molar-refractivity contribution in [3.63, 3.8) is 0 Å². The minimum atomic E-state index is -0.279. The molecule has 0 radical (unpaired) electrons. The van der Waals surface area contributed by atoms with Gasteiger partial charge in [-0.3, -0.25) is 4.79 Å². The molecule has 0 saturated heterocycles. The number of hydrogen-bond donors (Lipinski definition) is 0. The van der Waals surface area contributed by atoms with Crippen molar-refractivity contribution in [3.05, 3.63) is 53.8 Å². The van der Waals surface area contributed by atoms with Crippen LogP contribution in [0.3, 0.4) is 0 Å². The van der Waals surface area contributed by atoms with Crippen LogP contribution in [0.15, 0.2) is 42.5 Å². The van der Waals surface area contributed by atoms with Crippen LogP contribution in [0.1, 0.15) is 5.56 Å². The van der Waals surface area contributed by atoms with Crippen molar-refractivity contribution >= 4 is 11.6 Å². The van der Waals surface area contributed by atoms with Gasteiger partial charge in [0, 0.05) is 12.2 Å². The van der Waals surface area contributed by atoms with Crippen molar-refractivity contribution in [2.24, 2.45) is 0 Å². The van der Waals surface area contributed by atoms with Crippen LogP contribution in [0, 0.1) is 5.82 Å². The van der Waals surface area contributed by atoms with Crippen LogP contribution in [0.25, 0.3) is 0 Å². The number of anilines is 1. The smallest absolute Gasteiger partial charge is 0.264 e. The van der Waals surface area contributed by atoms with Gasteiger partial charge in [0.15, 0.2) is 18.1 Å². The lowest BCUT2D eigenvalue weighted by Gasteiger charge is -2.18. The number of rotatable bonds is 4. The quantitative estimate of drug-likeness (QED) is 0.871. The highest BCUT2D eigenvalue weighted by atomic mass is 19.1. The summed E-state index contributed by atoms with van der Waals surface area (Å²) in [6, 6.07) is 11.6. The average Bonchev–Trinajstić information content (AvgIpc) is 2.95. The third-order valence-corrected chi connectivity index (χ3v) is 3.66. The van der Waals surface area contributed by atoms with Crippen molar-refractivity contribution in [1.29, 1.82) is 0 Å². The number of methoxy groups -OCH3 is 1. The molecule has 0 saturated carbocycles. The molecule has 0 fully saturated rings. The van der Waals surface area contributed by atoms with E-state index < -0.39 is 0 Å². The molecule has 0 bridgehead atoms. The first-order chi connectivity index (χ1) is 10.7. The second-order valence-electron chi connectivity index (χ2n) is 5.01. The number of carbonyl (C=O) groups excluding carboxylic acids is 1. The lowest BCUT2D eigenvalue weighted by Crippen LogP contribution is -2.33. The summed E-state index contributed by atoms with van der Waals surface area (Å²) in [5, 5.41) is 0. The SMILES string of the molecule is COc1ccccc1OCC(=O)N1CCc2cc(F)ccc21. The van der Waals surface area contributed by atoms with Crippen molar-refractivity contribution < 1.29 is 18.7 Å². The maximum absolute atomic E-state index is 13.2. The lowest BCUT2D eigenvalue weighted by atomic mass is 10.2. The van der Waals surface area contributed by atoms with E-state index in [1.807, 2.05) is 12.1 Å². The Labute approximate surface area is 128 Å². The molecule has 5 heteroatoms. The number of hydrogen-bond acceptors (Lipinski definition) is 3. The van der Waals surface area contributed by atoms with Crippen LogP contribution < -0.4 is 14.4 Å². The number of ether oxygens (including phenoxy) is 2. The second-order valence-corrected chi connectivity index (χ2v) is 5.01. The second kappa shape index (κ2) is 6.05. The predicted molar refractivity (Wildman–Crippen MR) is 80.9 cm³/mol. The van der Waals surface area contributed by atoms with E-state index in [0.29, 0.717) is 24.5 Å². The number of para-hydroxylation sites is 2. The minimum absolute atomic E-state index is 0.0861. The molecule has 0 atom stereocenters. The number of fused-ring (bicyclic) bond motifs is 1. The third-order valence-electron chi connectivity index (χ3n) is 3.66. The summed E-state index contributed by atoms with van der Waals surface area (Å²) in [7, 11) is 1.55. The van der Waals surface area contributed by atoms with Gasteiger partial charge in [-0.25, -0.2) is 4.39 Å². The lowest BCUT2D eigenvalue weighted by molar-refractivity contribution is -0.120. The number of halogens is 1. The van der Waals surface area contributed by atoms with Gasteiger partial charge in [-0.15, -0.1) is 0 Å². The van der Waals surface area contributed by atoms with Gasteiger partial charge >= 0.3 is 0 Å². The summed E-state index contributed by atoms with van der Waals surface area (Å²) < 4.78 is 23.9. The van der Waals surface area contributed by atoms with E-state index in [1.54, 1.807) is 30.2 Å². The molecule has 0 spiro atoms. The van der Waals surface area contributed by atoms with Gasteiger partial charge in [-0.1, -0.05) is 12.1 Å². The normalized spacial score (nSPS) is 12.9. The van der Waals surface area contributed by atoms with Crippen LogP contribution in [0.2, 0.25) is 0 Å². The minimum Gasteiger partial charge on any atom is -0.493 e. The maximum atomic E-state index is 13.2. The molecular formula is C17H16FNO3. The zero-order valence-electron chi connectivity index (χ0n) is 12.2. The topological polar surface area (TPSA) is 38.8 Å².